The number of piperidine rings is 1. The van der Waals surface area contributed by atoms with E-state index in [1.807, 2.05) is 18.2 Å². The zero-order valence-corrected chi connectivity index (χ0v) is 12.8. The lowest BCUT2D eigenvalue weighted by Crippen LogP contribution is -2.42. The van der Waals surface area contributed by atoms with Crippen molar-refractivity contribution in [1.82, 2.24) is 4.90 Å². The predicted molar refractivity (Wildman–Crippen MR) is 84.6 cm³/mol. The van der Waals surface area contributed by atoms with Gasteiger partial charge in [0, 0.05) is 25.2 Å². The lowest BCUT2D eigenvalue weighted by molar-refractivity contribution is 0.174. The molecular weight excluding hydrogens is 294 g/mol. The number of halogens is 2. The molecule has 2 aromatic carbocycles. The van der Waals surface area contributed by atoms with E-state index in [-0.39, 0.29) is 5.56 Å². The van der Waals surface area contributed by atoms with Crippen molar-refractivity contribution in [2.45, 2.75) is 24.8 Å². The fourth-order valence-electron chi connectivity index (χ4n) is 3.31. The summed E-state index contributed by atoms with van der Waals surface area (Å²) in [5.41, 5.74) is 0.0682. The van der Waals surface area contributed by atoms with Gasteiger partial charge in [-0.15, -0.1) is 0 Å². The number of hydrogen-bond donors (Lipinski definition) is 0. The van der Waals surface area contributed by atoms with Crippen molar-refractivity contribution in [3.8, 4) is 6.07 Å². The van der Waals surface area contributed by atoms with Gasteiger partial charge in [-0.3, -0.25) is 4.90 Å². The Morgan fingerprint density at radius 3 is 2.13 bits per heavy atom. The van der Waals surface area contributed by atoms with E-state index in [1.165, 1.54) is 23.8 Å². The molecule has 1 fully saturated rings. The highest BCUT2D eigenvalue weighted by atomic mass is 19.1. The highest BCUT2D eigenvalue weighted by Crippen LogP contribution is 2.38. The molecule has 4 heteroatoms. The minimum absolute atomic E-state index is 0.0677. The lowest BCUT2D eigenvalue weighted by atomic mass is 9.73. The highest BCUT2D eigenvalue weighted by molar-refractivity contribution is 5.36. The highest BCUT2D eigenvalue weighted by Gasteiger charge is 2.40. The van der Waals surface area contributed by atoms with Crippen LogP contribution in [-0.2, 0) is 12.0 Å². The van der Waals surface area contributed by atoms with Crippen LogP contribution in [0.4, 0.5) is 8.78 Å². The number of rotatable bonds is 3. The van der Waals surface area contributed by atoms with Crippen LogP contribution in [0.15, 0.2) is 48.5 Å². The molecule has 0 bridgehead atoms. The molecule has 1 heterocycles. The van der Waals surface area contributed by atoms with Crippen LogP contribution in [0.5, 0.6) is 0 Å². The average Bonchev–Trinajstić information content (AvgIpc) is 2.57. The van der Waals surface area contributed by atoms with E-state index in [0.29, 0.717) is 25.9 Å². The molecule has 2 aromatic rings. The molecule has 1 aliphatic heterocycles. The van der Waals surface area contributed by atoms with E-state index >= 15 is 0 Å². The van der Waals surface area contributed by atoms with Gasteiger partial charge in [0.25, 0.3) is 0 Å². The molecule has 0 N–H and O–H groups in total. The van der Waals surface area contributed by atoms with Gasteiger partial charge in [0.05, 0.1) is 11.5 Å². The first-order valence-corrected chi connectivity index (χ1v) is 7.77. The summed E-state index contributed by atoms with van der Waals surface area (Å²) < 4.78 is 28.2. The number of benzene rings is 2. The SMILES string of the molecule is N#CC1(c2c(F)cccc2F)CCN(Cc2ccccc2)CC1. The first kappa shape index (κ1) is 15.6. The van der Waals surface area contributed by atoms with Crippen LogP contribution >= 0.6 is 0 Å². The maximum absolute atomic E-state index is 14.1. The number of hydrogen-bond acceptors (Lipinski definition) is 2. The molecule has 0 aliphatic carbocycles. The second-order valence-electron chi connectivity index (χ2n) is 6.05. The van der Waals surface area contributed by atoms with Crippen molar-refractivity contribution in [2.75, 3.05) is 13.1 Å². The molecule has 0 atom stereocenters. The van der Waals surface area contributed by atoms with Crippen molar-refractivity contribution in [1.29, 1.82) is 5.26 Å². The molecule has 1 saturated heterocycles. The van der Waals surface area contributed by atoms with Crippen molar-refractivity contribution < 1.29 is 8.78 Å². The molecule has 3 rings (SSSR count). The van der Waals surface area contributed by atoms with Crippen molar-refractivity contribution in [2.24, 2.45) is 0 Å². The third kappa shape index (κ3) is 3.11. The Hall–Kier alpha value is -2.25. The van der Waals surface area contributed by atoms with Gasteiger partial charge in [0.1, 0.15) is 11.6 Å². The summed E-state index contributed by atoms with van der Waals surface area (Å²) in [6.07, 6.45) is 0.877. The molecule has 118 valence electrons. The lowest BCUT2D eigenvalue weighted by Gasteiger charge is -2.37. The van der Waals surface area contributed by atoms with E-state index in [4.69, 9.17) is 0 Å². The first-order chi connectivity index (χ1) is 11.1. The van der Waals surface area contributed by atoms with Crippen LogP contribution < -0.4 is 0 Å². The fourth-order valence-corrected chi connectivity index (χ4v) is 3.31. The molecule has 0 amide bonds. The third-order valence-corrected chi connectivity index (χ3v) is 4.61. The van der Waals surface area contributed by atoms with Gasteiger partial charge in [0.2, 0.25) is 0 Å². The van der Waals surface area contributed by atoms with E-state index in [1.54, 1.807) is 0 Å². The monoisotopic (exact) mass is 312 g/mol. The largest absolute Gasteiger partial charge is 0.299 e. The van der Waals surface area contributed by atoms with Gasteiger partial charge in [-0.25, -0.2) is 8.78 Å². The molecule has 0 saturated carbocycles. The van der Waals surface area contributed by atoms with E-state index in [0.717, 1.165) is 6.54 Å². The van der Waals surface area contributed by atoms with E-state index < -0.39 is 17.0 Å². The fraction of sp³-hybridized carbons (Fsp3) is 0.316. The third-order valence-electron chi connectivity index (χ3n) is 4.61. The molecule has 23 heavy (non-hydrogen) atoms. The number of nitrogens with zero attached hydrogens (tertiary/aromatic N) is 2. The quantitative estimate of drug-likeness (QED) is 0.856. The molecule has 2 nitrogen and oxygen atoms in total. The maximum Gasteiger partial charge on any atom is 0.130 e. The van der Waals surface area contributed by atoms with E-state index in [2.05, 4.69) is 23.1 Å². The van der Waals surface area contributed by atoms with Crippen molar-refractivity contribution in [3.05, 3.63) is 71.3 Å². The van der Waals surface area contributed by atoms with Gasteiger partial charge in [0.15, 0.2) is 0 Å². The van der Waals surface area contributed by atoms with Crippen molar-refractivity contribution in [3.63, 3.8) is 0 Å². The van der Waals surface area contributed by atoms with Gasteiger partial charge < -0.3 is 0 Å². The zero-order valence-electron chi connectivity index (χ0n) is 12.8. The minimum Gasteiger partial charge on any atom is -0.299 e. The van der Waals surface area contributed by atoms with Gasteiger partial charge in [-0.05, 0) is 30.5 Å². The van der Waals surface area contributed by atoms with Crippen LogP contribution in [-0.4, -0.2) is 18.0 Å². The standard InChI is InChI=1S/C19H18F2N2/c20-16-7-4-8-17(21)18(16)19(14-22)9-11-23(12-10-19)13-15-5-2-1-3-6-15/h1-8H,9-13H2. The molecule has 0 unspecified atom stereocenters. The molecule has 0 spiro atoms. The van der Waals surface area contributed by atoms with Crippen LogP contribution in [0.1, 0.15) is 24.0 Å². The summed E-state index contributed by atoms with van der Waals surface area (Å²) in [6.45, 7) is 2.09. The Morgan fingerprint density at radius 2 is 1.57 bits per heavy atom. The van der Waals surface area contributed by atoms with Gasteiger partial charge in [-0.1, -0.05) is 36.4 Å². The topological polar surface area (TPSA) is 27.0 Å². The summed E-state index contributed by atoms with van der Waals surface area (Å²) in [5, 5.41) is 9.62. The summed E-state index contributed by atoms with van der Waals surface area (Å²) in [7, 11) is 0. The Balaban J connectivity index is 1.77. The summed E-state index contributed by atoms with van der Waals surface area (Å²) in [6, 6.07) is 16.1. The molecule has 0 radical (unpaired) electrons. The van der Waals surface area contributed by atoms with Gasteiger partial charge >= 0.3 is 0 Å². The number of nitriles is 1. The molecule has 0 aromatic heterocycles. The van der Waals surface area contributed by atoms with E-state index in [9.17, 15) is 14.0 Å². The van der Waals surface area contributed by atoms with Crippen LogP contribution in [0.2, 0.25) is 0 Å². The summed E-state index contributed by atoms with van der Waals surface area (Å²) in [4.78, 5) is 2.23. The number of likely N-dealkylation sites (tertiary alicyclic amines) is 1. The smallest absolute Gasteiger partial charge is 0.130 e. The summed E-state index contributed by atoms with van der Waals surface area (Å²) >= 11 is 0. The van der Waals surface area contributed by atoms with Crippen LogP contribution in [0.25, 0.3) is 0 Å². The average molecular weight is 312 g/mol. The Labute approximate surface area is 135 Å². The Bertz CT molecular complexity index is 694. The maximum atomic E-state index is 14.1. The van der Waals surface area contributed by atoms with Crippen molar-refractivity contribution >= 4 is 0 Å². The second kappa shape index (κ2) is 6.47. The molecular formula is C19H18F2N2. The Morgan fingerprint density at radius 1 is 0.957 bits per heavy atom. The Kier molecular flexibility index (Phi) is 4.40. The van der Waals surface area contributed by atoms with Crippen LogP contribution in [0, 0.1) is 23.0 Å². The minimum atomic E-state index is -1.07. The second-order valence-corrected chi connectivity index (χ2v) is 6.05. The summed E-state index contributed by atoms with van der Waals surface area (Å²) in [5.74, 6) is -1.24. The molecule has 1 aliphatic rings. The zero-order chi connectivity index (χ0) is 16.3. The first-order valence-electron chi connectivity index (χ1n) is 7.77. The predicted octanol–water partition coefficient (Wildman–Crippen LogP) is 4.02. The normalized spacial score (nSPS) is 17.6. The van der Waals surface area contributed by atoms with Gasteiger partial charge in [-0.2, -0.15) is 5.26 Å². The van der Waals surface area contributed by atoms with Crippen LogP contribution in [0.3, 0.4) is 0 Å².